The van der Waals surface area contributed by atoms with Crippen LogP contribution in [-0.4, -0.2) is 36.3 Å². The summed E-state index contributed by atoms with van der Waals surface area (Å²) in [7, 11) is 2.82. The van der Waals surface area contributed by atoms with E-state index in [1.165, 1.54) is 26.6 Å². The fourth-order valence-electron chi connectivity index (χ4n) is 3.38. The number of ether oxygens (including phenoxy) is 2. The third-order valence-electron chi connectivity index (χ3n) is 4.84. The molecule has 1 aromatic heterocycles. The first kappa shape index (κ1) is 25.1. The molecular formula is C23H22ClF3N4O3. The van der Waals surface area contributed by atoms with Crippen molar-refractivity contribution in [3.8, 4) is 11.5 Å². The van der Waals surface area contributed by atoms with Gasteiger partial charge in [0, 0.05) is 17.5 Å². The van der Waals surface area contributed by atoms with Crippen LogP contribution in [0.5, 0.6) is 11.5 Å². The van der Waals surface area contributed by atoms with E-state index in [0.717, 1.165) is 11.1 Å². The molecule has 11 heteroatoms. The number of alkyl halides is 3. The molecule has 0 aliphatic heterocycles. The summed E-state index contributed by atoms with van der Waals surface area (Å²) in [5.74, 6) is -1.17. The zero-order valence-electron chi connectivity index (χ0n) is 18.6. The lowest BCUT2D eigenvalue weighted by atomic mass is 10.0. The Morgan fingerprint density at radius 3 is 2.50 bits per heavy atom. The van der Waals surface area contributed by atoms with Crippen molar-refractivity contribution in [3.05, 3.63) is 58.9 Å². The van der Waals surface area contributed by atoms with Crippen molar-refractivity contribution in [2.45, 2.75) is 26.1 Å². The van der Waals surface area contributed by atoms with E-state index < -0.39 is 12.1 Å². The Labute approximate surface area is 198 Å². The predicted molar refractivity (Wildman–Crippen MR) is 125 cm³/mol. The van der Waals surface area contributed by atoms with Crippen molar-refractivity contribution in [1.82, 2.24) is 9.97 Å². The van der Waals surface area contributed by atoms with Gasteiger partial charge in [0.05, 0.1) is 30.4 Å². The summed E-state index contributed by atoms with van der Waals surface area (Å²) < 4.78 is 49.4. The van der Waals surface area contributed by atoms with Crippen LogP contribution >= 0.6 is 11.6 Å². The first-order valence-corrected chi connectivity index (χ1v) is 10.4. The summed E-state index contributed by atoms with van der Waals surface area (Å²) in [6.07, 6.45) is -3.47. The zero-order chi connectivity index (χ0) is 25.0. The van der Waals surface area contributed by atoms with Crippen LogP contribution in [0, 0.1) is 0 Å². The molecule has 3 aromatic rings. The molecule has 7 nitrogen and oxygen atoms in total. The lowest BCUT2D eigenvalue weighted by Gasteiger charge is -2.19. The normalized spacial score (nSPS) is 11.3. The summed E-state index contributed by atoms with van der Waals surface area (Å²) in [5, 5.41) is 5.87. The fourth-order valence-corrected chi connectivity index (χ4v) is 3.66. The molecule has 1 heterocycles. The van der Waals surface area contributed by atoms with E-state index in [9.17, 15) is 18.0 Å². The first-order chi connectivity index (χ1) is 16.0. The fraction of sp³-hybridized carbons (Fsp3) is 0.261. The number of anilines is 2. The highest BCUT2D eigenvalue weighted by molar-refractivity contribution is 6.32. The number of methoxy groups -OCH3 is 2. The molecule has 0 saturated carbocycles. The SMILES string of the molecule is C=C(C)Cc1c(OC)c(NC(=O)C(F)(F)F)cc2c(NCc3ccc(OC)c(Cl)c3)ncnc12. The standard InChI is InChI=1S/C23H22ClF3N4O3/c1-12(2)7-14-19-15(9-17(20(14)34-4)31-22(32)23(25,26)27)21(30-11-29-19)28-10-13-5-6-18(33-3)16(24)8-13/h5-6,8-9,11H,1,7,10H2,2-4H3,(H,31,32)(H,28,29,30). The number of allylic oxidation sites excluding steroid dienone is 1. The van der Waals surface area contributed by atoms with E-state index in [4.69, 9.17) is 21.1 Å². The third-order valence-corrected chi connectivity index (χ3v) is 5.14. The van der Waals surface area contributed by atoms with Crippen LogP contribution in [0.2, 0.25) is 5.02 Å². The number of carbonyl (C=O) groups excluding carboxylic acids is 1. The van der Waals surface area contributed by atoms with Gasteiger partial charge in [-0.3, -0.25) is 4.79 Å². The van der Waals surface area contributed by atoms with Gasteiger partial charge in [0.2, 0.25) is 0 Å². The third kappa shape index (κ3) is 5.51. The molecular weight excluding hydrogens is 473 g/mol. The molecule has 2 aromatic carbocycles. The zero-order valence-corrected chi connectivity index (χ0v) is 19.4. The van der Waals surface area contributed by atoms with E-state index in [1.807, 2.05) is 11.4 Å². The number of hydrogen-bond acceptors (Lipinski definition) is 6. The molecule has 0 saturated heterocycles. The van der Waals surface area contributed by atoms with Crippen LogP contribution in [0.1, 0.15) is 18.1 Å². The average Bonchev–Trinajstić information content (AvgIpc) is 2.77. The molecule has 0 atom stereocenters. The second-order valence-electron chi connectivity index (χ2n) is 7.46. The molecule has 1 amide bonds. The van der Waals surface area contributed by atoms with Gasteiger partial charge in [0.15, 0.2) is 0 Å². The molecule has 0 radical (unpaired) electrons. The Hall–Kier alpha value is -3.53. The second-order valence-corrected chi connectivity index (χ2v) is 7.87. The van der Waals surface area contributed by atoms with Crippen LogP contribution < -0.4 is 20.1 Å². The Morgan fingerprint density at radius 2 is 1.91 bits per heavy atom. The van der Waals surface area contributed by atoms with E-state index in [0.29, 0.717) is 39.6 Å². The number of aromatic nitrogens is 2. The topological polar surface area (TPSA) is 85.4 Å². The maximum atomic E-state index is 12.9. The van der Waals surface area contributed by atoms with Gasteiger partial charge in [0.1, 0.15) is 23.6 Å². The van der Waals surface area contributed by atoms with E-state index in [-0.39, 0.29) is 17.9 Å². The van der Waals surface area contributed by atoms with Crippen molar-refractivity contribution in [1.29, 1.82) is 0 Å². The molecule has 0 bridgehead atoms. The van der Waals surface area contributed by atoms with Crippen molar-refractivity contribution in [3.63, 3.8) is 0 Å². The van der Waals surface area contributed by atoms with E-state index >= 15 is 0 Å². The quantitative estimate of drug-likeness (QED) is 0.400. The van der Waals surface area contributed by atoms with Gasteiger partial charge in [0.25, 0.3) is 0 Å². The van der Waals surface area contributed by atoms with Gasteiger partial charge in [-0.1, -0.05) is 29.8 Å². The van der Waals surface area contributed by atoms with Crippen molar-refractivity contribution in [2.24, 2.45) is 0 Å². The van der Waals surface area contributed by atoms with Crippen molar-refractivity contribution in [2.75, 3.05) is 24.9 Å². The molecule has 0 fully saturated rings. The summed E-state index contributed by atoms with van der Waals surface area (Å²) >= 11 is 6.18. The monoisotopic (exact) mass is 494 g/mol. The Bertz CT molecular complexity index is 1250. The lowest BCUT2D eigenvalue weighted by molar-refractivity contribution is -0.167. The molecule has 0 aliphatic carbocycles. The van der Waals surface area contributed by atoms with Crippen LogP contribution in [-0.2, 0) is 17.8 Å². The van der Waals surface area contributed by atoms with Crippen LogP contribution in [0.15, 0.2) is 42.7 Å². The smallest absolute Gasteiger partial charge is 0.471 e. The Kier molecular flexibility index (Phi) is 7.51. The highest BCUT2D eigenvalue weighted by Gasteiger charge is 2.39. The summed E-state index contributed by atoms with van der Waals surface area (Å²) in [4.78, 5) is 20.2. The maximum absolute atomic E-state index is 12.9. The molecule has 0 aliphatic rings. The minimum absolute atomic E-state index is 0.0692. The predicted octanol–water partition coefficient (Wildman–Crippen LogP) is 5.53. The van der Waals surface area contributed by atoms with Crippen LogP contribution in [0.3, 0.4) is 0 Å². The molecule has 34 heavy (non-hydrogen) atoms. The van der Waals surface area contributed by atoms with Gasteiger partial charge in [-0.05, 0) is 37.1 Å². The maximum Gasteiger partial charge on any atom is 0.471 e. The number of rotatable bonds is 8. The lowest BCUT2D eigenvalue weighted by Crippen LogP contribution is -2.30. The van der Waals surface area contributed by atoms with Crippen LogP contribution in [0.25, 0.3) is 10.9 Å². The first-order valence-electron chi connectivity index (χ1n) is 9.98. The van der Waals surface area contributed by atoms with Gasteiger partial charge in [-0.15, -0.1) is 0 Å². The highest BCUT2D eigenvalue weighted by Crippen LogP contribution is 2.39. The number of fused-ring (bicyclic) bond motifs is 1. The van der Waals surface area contributed by atoms with Crippen molar-refractivity contribution >= 4 is 39.9 Å². The van der Waals surface area contributed by atoms with Gasteiger partial charge in [-0.25, -0.2) is 9.97 Å². The number of benzene rings is 2. The molecule has 3 rings (SSSR count). The number of hydrogen-bond donors (Lipinski definition) is 2. The molecule has 0 spiro atoms. The summed E-state index contributed by atoms with van der Waals surface area (Å²) in [5.41, 5.74) is 2.32. The molecule has 180 valence electrons. The average molecular weight is 495 g/mol. The molecule has 2 N–H and O–H groups in total. The number of carbonyl (C=O) groups is 1. The second kappa shape index (κ2) is 10.2. The number of amides is 1. The summed E-state index contributed by atoms with van der Waals surface area (Å²) in [6.45, 7) is 5.95. The van der Waals surface area contributed by atoms with Crippen LogP contribution in [0.4, 0.5) is 24.7 Å². The van der Waals surface area contributed by atoms with E-state index in [2.05, 4.69) is 21.9 Å². The minimum atomic E-state index is -5.07. The molecule has 0 unspecified atom stereocenters. The van der Waals surface area contributed by atoms with Crippen molar-refractivity contribution < 1.29 is 27.4 Å². The Balaban J connectivity index is 2.09. The highest BCUT2D eigenvalue weighted by atomic mass is 35.5. The van der Waals surface area contributed by atoms with Gasteiger partial charge >= 0.3 is 12.1 Å². The largest absolute Gasteiger partial charge is 0.495 e. The Morgan fingerprint density at radius 1 is 1.18 bits per heavy atom. The number of nitrogens with one attached hydrogen (secondary N) is 2. The minimum Gasteiger partial charge on any atom is -0.495 e. The van der Waals surface area contributed by atoms with E-state index in [1.54, 1.807) is 19.1 Å². The summed E-state index contributed by atoms with van der Waals surface area (Å²) in [6, 6.07) is 6.61. The number of halogens is 4. The van der Waals surface area contributed by atoms with Gasteiger partial charge < -0.3 is 20.1 Å². The number of nitrogens with zero attached hydrogens (tertiary/aromatic N) is 2. The van der Waals surface area contributed by atoms with Gasteiger partial charge in [-0.2, -0.15) is 13.2 Å².